The fraction of sp³-hybridized carbons (Fsp3) is 0.435. The van der Waals surface area contributed by atoms with E-state index < -0.39 is 9.84 Å². The van der Waals surface area contributed by atoms with E-state index in [2.05, 4.69) is 14.8 Å². The second kappa shape index (κ2) is 9.80. The Morgan fingerprint density at radius 1 is 1.24 bits per heavy atom. The first-order valence-corrected chi connectivity index (χ1v) is 13.6. The molecule has 1 aliphatic rings. The molecule has 0 bridgehead atoms. The molecule has 3 heterocycles. The lowest BCUT2D eigenvalue weighted by molar-refractivity contribution is 0.102. The summed E-state index contributed by atoms with van der Waals surface area (Å²) in [6, 6.07) is 8.35. The molecule has 176 valence electrons. The van der Waals surface area contributed by atoms with E-state index in [0.29, 0.717) is 36.1 Å². The van der Waals surface area contributed by atoms with Gasteiger partial charge in [-0.2, -0.15) is 0 Å². The van der Waals surface area contributed by atoms with Gasteiger partial charge in [0.2, 0.25) is 5.89 Å². The summed E-state index contributed by atoms with van der Waals surface area (Å²) in [6.07, 6.45) is 1.80. The maximum absolute atomic E-state index is 13.1. The number of sulfone groups is 1. The number of ketones is 1. The summed E-state index contributed by atoms with van der Waals surface area (Å²) in [6.45, 7) is 4.60. The molecule has 1 saturated heterocycles. The van der Waals surface area contributed by atoms with Crippen LogP contribution in [0.5, 0.6) is 0 Å². The fourth-order valence-electron chi connectivity index (χ4n) is 4.18. The van der Waals surface area contributed by atoms with Crippen LogP contribution in [-0.2, 0) is 29.2 Å². The number of aryl methyl sites for hydroxylation is 2. The lowest BCUT2D eigenvalue weighted by Gasteiger charge is -2.10. The van der Waals surface area contributed by atoms with Crippen molar-refractivity contribution in [2.75, 3.05) is 17.3 Å². The third kappa shape index (κ3) is 5.92. The number of hydrogen-bond acceptors (Lipinski definition) is 7. The Kier molecular flexibility index (Phi) is 7.04. The van der Waals surface area contributed by atoms with Crippen molar-refractivity contribution in [2.45, 2.75) is 44.9 Å². The second-order valence-corrected chi connectivity index (χ2v) is 11.6. The van der Waals surface area contributed by atoms with Crippen molar-refractivity contribution in [1.82, 2.24) is 14.8 Å². The van der Waals surface area contributed by atoms with Gasteiger partial charge >= 0.3 is 0 Å². The Labute approximate surface area is 196 Å². The molecular weight excluding hydrogens is 465 g/mol. The summed E-state index contributed by atoms with van der Waals surface area (Å²) in [5, 5.41) is 8.30. The van der Waals surface area contributed by atoms with Crippen molar-refractivity contribution in [3.05, 3.63) is 64.6 Å². The van der Waals surface area contributed by atoms with Crippen molar-refractivity contribution >= 4 is 27.4 Å². The SMILES string of the molecule is Cc1cc(C(=O)CSc2nnc(C[C@@H]3CCS(=O)(=O)C3)o2)c(C)n1CCc1ccc(F)cc1. The molecule has 3 aromatic rings. The molecule has 1 atom stereocenters. The summed E-state index contributed by atoms with van der Waals surface area (Å²) in [5.41, 5.74) is 3.59. The van der Waals surface area contributed by atoms with Crippen LogP contribution in [0.15, 0.2) is 40.0 Å². The van der Waals surface area contributed by atoms with E-state index >= 15 is 0 Å². The monoisotopic (exact) mass is 491 g/mol. The first kappa shape index (κ1) is 23.7. The van der Waals surface area contributed by atoms with Gasteiger partial charge in [-0.15, -0.1) is 10.2 Å². The average Bonchev–Trinajstić information content (AvgIpc) is 3.44. The number of carbonyl (C=O) groups is 1. The number of aromatic nitrogens is 3. The van der Waals surface area contributed by atoms with E-state index in [9.17, 15) is 17.6 Å². The van der Waals surface area contributed by atoms with E-state index in [4.69, 9.17) is 4.42 Å². The van der Waals surface area contributed by atoms with Crippen LogP contribution in [-0.4, -0.2) is 46.2 Å². The highest BCUT2D eigenvalue weighted by atomic mass is 32.2. The number of halogens is 1. The summed E-state index contributed by atoms with van der Waals surface area (Å²) < 4.78 is 44.0. The summed E-state index contributed by atoms with van der Waals surface area (Å²) in [4.78, 5) is 12.8. The number of nitrogens with zero attached hydrogens (tertiary/aromatic N) is 3. The maximum Gasteiger partial charge on any atom is 0.277 e. The van der Waals surface area contributed by atoms with Crippen LogP contribution >= 0.6 is 11.8 Å². The van der Waals surface area contributed by atoms with Gasteiger partial charge in [-0.1, -0.05) is 23.9 Å². The fourth-order valence-corrected chi connectivity index (χ4v) is 6.71. The van der Waals surface area contributed by atoms with Gasteiger partial charge in [0.25, 0.3) is 5.22 Å². The summed E-state index contributed by atoms with van der Waals surface area (Å²) in [5.74, 6) is 0.681. The molecule has 2 aromatic heterocycles. The normalized spacial score (nSPS) is 17.5. The minimum absolute atomic E-state index is 0.00947. The quantitative estimate of drug-likeness (QED) is 0.332. The Morgan fingerprint density at radius 3 is 2.70 bits per heavy atom. The van der Waals surface area contributed by atoms with E-state index in [1.54, 1.807) is 12.1 Å². The molecule has 1 aliphatic heterocycles. The summed E-state index contributed by atoms with van der Waals surface area (Å²) >= 11 is 1.18. The topological polar surface area (TPSA) is 95.1 Å². The van der Waals surface area contributed by atoms with E-state index in [1.165, 1.54) is 23.9 Å². The predicted octanol–water partition coefficient (Wildman–Crippen LogP) is 3.82. The smallest absolute Gasteiger partial charge is 0.277 e. The standard InChI is InChI=1S/C23H26FN3O4S2/c1-15-11-20(16(2)27(15)9-7-17-3-5-19(24)6-4-17)21(28)13-32-23-26-25-22(31-23)12-18-8-10-33(29,30)14-18/h3-6,11,18H,7-10,12-14H2,1-2H3/t18-/m0/s1. The van der Waals surface area contributed by atoms with Gasteiger partial charge in [0.05, 0.1) is 17.3 Å². The van der Waals surface area contributed by atoms with E-state index in [0.717, 1.165) is 23.4 Å². The van der Waals surface area contributed by atoms with Gasteiger partial charge in [0, 0.05) is 29.9 Å². The molecule has 7 nitrogen and oxygen atoms in total. The van der Waals surface area contributed by atoms with E-state index in [-0.39, 0.29) is 34.8 Å². The number of carbonyl (C=O) groups excluding carboxylic acids is 1. The molecule has 0 amide bonds. The van der Waals surface area contributed by atoms with Crippen LogP contribution in [0.4, 0.5) is 4.39 Å². The Bertz CT molecular complexity index is 1250. The highest BCUT2D eigenvalue weighted by Crippen LogP contribution is 2.25. The lowest BCUT2D eigenvalue weighted by atomic mass is 10.1. The van der Waals surface area contributed by atoms with Crippen molar-refractivity contribution in [2.24, 2.45) is 5.92 Å². The van der Waals surface area contributed by atoms with Gasteiger partial charge < -0.3 is 8.98 Å². The first-order valence-electron chi connectivity index (χ1n) is 10.8. The Morgan fingerprint density at radius 2 is 2.00 bits per heavy atom. The molecule has 0 radical (unpaired) electrons. The average molecular weight is 492 g/mol. The zero-order chi connectivity index (χ0) is 23.6. The van der Waals surface area contributed by atoms with E-state index in [1.807, 2.05) is 19.9 Å². The minimum Gasteiger partial charge on any atom is -0.416 e. The summed E-state index contributed by atoms with van der Waals surface area (Å²) in [7, 11) is -2.95. The Balaban J connectivity index is 1.33. The number of rotatable bonds is 9. The van der Waals surface area contributed by atoms with Crippen LogP contribution in [0.3, 0.4) is 0 Å². The molecule has 1 fully saturated rings. The zero-order valence-corrected chi connectivity index (χ0v) is 20.2. The maximum atomic E-state index is 13.1. The van der Waals surface area contributed by atoms with Crippen molar-refractivity contribution in [1.29, 1.82) is 0 Å². The van der Waals surface area contributed by atoms with Gasteiger partial charge in [-0.25, -0.2) is 12.8 Å². The molecular formula is C23H26FN3O4S2. The number of hydrogen-bond donors (Lipinski definition) is 0. The van der Waals surface area contributed by atoms with Crippen molar-refractivity contribution in [3.63, 3.8) is 0 Å². The second-order valence-electron chi connectivity index (χ2n) is 8.46. The minimum atomic E-state index is -2.95. The molecule has 33 heavy (non-hydrogen) atoms. The Hall–Kier alpha value is -2.46. The zero-order valence-electron chi connectivity index (χ0n) is 18.6. The van der Waals surface area contributed by atoms with Crippen LogP contribution in [0, 0.1) is 25.6 Å². The van der Waals surface area contributed by atoms with Crippen LogP contribution in [0.25, 0.3) is 0 Å². The first-order chi connectivity index (χ1) is 15.7. The molecule has 1 aromatic carbocycles. The molecule has 0 N–H and O–H groups in total. The van der Waals surface area contributed by atoms with Gasteiger partial charge in [0.15, 0.2) is 15.6 Å². The van der Waals surface area contributed by atoms with Gasteiger partial charge in [0.1, 0.15) is 5.82 Å². The molecule has 0 unspecified atom stereocenters. The molecule has 0 aliphatic carbocycles. The lowest BCUT2D eigenvalue weighted by Crippen LogP contribution is -2.08. The number of benzene rings is 1. The van der Waals surface area contributed by atoms with Gasteiger partial charge in [-0.3, -0.25) is 4.79 Å². The third-order valence-corrected chi connectivity index (χ3v) is 8.63. The third-order valence-electron chi connectivity index (χ3n) is 5.98. The number of Topliss-reactive ketones (excluding diaryl/α,β-unsaturated/α-hetero) is 1. The van der Waals surface area contributed by atoms with Crippen molar-refractivity contribution < 1.29 is 22.0 Å². The van der Waals surface area contributed by atoms with Crippen LogP contribution in [0.1, 0.15) is 39.6 Å². The molecule has 0 spiro atoms. The van der Waals surface area contributed by atoms with Gasteiger partial charge in [-0.05, 0) is 56.4 Å². The molecule has 0 saturated carbocycles. The highest BCUT2D eigenvalue weighted by molar-refractivity contribution is 7.99. The largest absolute Gasteiger partial charge is 0.416 e. The predicted molar refractivity (Wildman–Crippen MR) is 124 cm³/mol. The molecule has 4 rings (SSSR count). The highest BCUT2D eigenvalue weighted by Gasteiger charge is 2.29. The molecule has 10 heteroatoms. The van der Waals surface area contributed by atoms with Crippen LogP contribution in [0.2, 0.25) is 0 Å². The number of thioether (sulfide) groups is 1. The van der Waals surface area contributed by atoms with Crippen molar-refractivity contribution in [3.8, 4) is 0 Å². The van der Waals surface area contributed by atoms with Crippen LogP contribution < -0.4 is 0 Å².